The third-order valence-corrected chi connectivity index (χ3v) is 2.48. The molecule has 5 nitrogen and oxygen atoms in total. The highest BCUT2D eigenvalue weighted by atomic mass is 19.1. The van der Waals surface area contributed by atoms with Crippen LogP contribution in [-0.4, -0.2) is 21.1 Å². The summed E-state index contributed by atoms with van der Waals surface area (Å²) in [6, 6.07) is 5.65. The lowest BCUT2D eigenvalue weighted by Crippen LogP contribution is -2.16. The van der Waals surface area contributed by atoms with E-state index in [1.54, 1.807) is 6.07 Å². The van der Waals surface area contributed by atoms with Gasteiger partial charge in [-0.2, -0.15) is 0 Å². The van der Waals surface area contributed by atoms with E-state index in [4.69, 9.17) is 0 Å². The molecule has 0 unspecified atom stereocenters. The van der Waals surface area contributed by atoms with E-state index in [2.05, 4.69) is 20.5 Å². The molecule has 0 aliphatic heterocycles. The number of hydrogen-bond donors (Lipinski definition) is 2. The number of anilines is 1. The summed E-state index contributed by atoms with van der Waals surface area (Å²) in [6.07, 6.45) is 0. The van der Waals surface area contributed by atoms with Crippen molar-refractivity contribution in [2.24, 2.45) is 0 Å². The molecule has 1 heterocycles. The van der Waals surface area contributed by atoms with Gasteiger partial charge in [-0.05, 0) is 18.2 Å². The quantitative estimate of drug-likeness (QED) is 0.873. The lowest BCUT2D eigenvalue weighted by Gasteiger charge is -2.12. The van der Waals surface area contributed by atoms with Gasteiger partial charge in [0.2, 0.25) is 5.82 Å². The molecule has 6 heteroatoms. The van der Waals surface area contributed by atoms with Gasteiger partial charge in [-0.1, -0.05) is 26.8 Å². The van der Waals surface area contributed by atoms with Crippen molar-refractivity contribution in [3.05, 3.63) is 41.7 Å². The molecular weight excluding hydrogens is 247 g/mol. The van der Waals surface area contributed by atoms with Crippen LogP contribution < -0.4 is 5.32 Å². The molecule has 1 amide bonds. The van der Waals surface area contributed by atoms with Crippen LogP contribution in [-0.2, 0) is 5.41 Å². The van der Waals surface area contributed by atoms with E-state index in [-0.39, 0.29) is 11.2 Å². The van der Waals surface area contributed by atoms with Crippen molar-refractivity contribution in [2.45, 2.75) is 26.2 Å². The first kappa shape index (κ1) is 13.2. The standard InChI is InChI=1S/C13H15FN4O/c1-13(2,3)12-16-10(17-18-12)11(19)15-9-6-4-5-8(14)7-9/h4-7H,1-3H3,(H,15,19)(H,16,17,18). The van der Waals surface area contributed by atoms with Crippen molar-refractivity contribution >= 4 is 11.6 Å². The smallest absolute Gasteiger partial charge is 0.295 e. The maximum atomic E-state index is 13.0. The monoisotopic (exact) mass is 262 g/mol. The summed E-state index contributed by atoms with van der Waals surface area (Å²) in [6.45, 7) is 5.88. The molecule has 100 valence electrons. The normalized spacial score (nSPS) is 11.4. The van der Waals surface area contributed by atoms with Crippen LogP contribution in [0.4, 0.5) is 10.1 Å². The lowest BCUT2D eigenvalue weighted by molar-refractivity contribution is 0.101. The third kappa shape index (κ3) is 3.15. The molecule has 0 saturated carbocycles. The molecule has 0 fully saturated rings. The summed E-state index contributed by atoms with van der Waals surface area (Å²) < 4.78 is 13.0. The Labute approximate surface area is 110 Å². The number of carbonyl (C=O) groups excluding carboxylic acids is 1. The zero-order valence-electron chi connectivity index (χ0n) is 11.0. The maximum Gasteiger partial charge on any atom is 0.295 e. The number of halogens is 1. The van der Waals surface area contributed by atoms with Crippen molar-refractivity contribution in [1.29, 1.82) is 0 Å². The second kappa shape index (κ2) is 4.79. The van der Waals surface area contributed by atoms with Crippen LogP contribution in [0, 0.1) is 5.82 Å². The number of carbonyl (C=O) groups is 1. The Morgan fingerprint density at radius 2 is 2.11 bits per heavy atom. The summed E-state index contributed by atoms with van der Waals surface area (Å²) in [4.78, 5) is 16.0. The van der Waals surface area contributed by atoms with Crippen LogP contribution in [0.3, 0.4) is 0 Å². The molecule has 0 atom stereocenters. The van der Waals surface area contributed by atoms with Crippen molar-refractivity contribution in [3.63, 3.8) is 0 Å². The number of aromatic nitrogens is 3. The highest BCUT2D eigenvalue weighted by molar-refractivity contribution is 6.01. The average Bonchev–Trinajstić information content (AvgIpc) is 2.77. The van der Waals surface area contributed by atoms with Gasteiger partial charge in [0, 0.05) is 11.1 Å². The van der Waals surface area contributed by atoms with E-state index in [1.807, 2.05) is 20.8 Å². The Bertz CT molecular complexity index is 601. The van der Waals surface area contributed by atoms with Gasteiger partial charge in [0.15, 0.2) is 0 Å². The molecule has 2 aromatic rings. The molecule has 19 heavy (non-hydrogen) atoms. The summed E-state index contributed by atoms with van der Waals surface area (Å²) in [5, 5.41) is 9.13. The van der Waals surface area contributed by atoms with Crippen LogP contribution in [0.2, 0.25) is 0 Å². The second-order valence-corrected chi connectivity index (χ2v) is 5.22. The third-order valence-electron chi connectivity index (χ3n) is 2.48. The molecule has 2 rings (SSSR count). The van der Waals surface area contributed by atoms with E-state index < -0.39 is 11.7 Å². The van der Waals surface area contributed by atoms with Gasteiger partial charge in [0.25, 0.3) is 5.91 Å². The Morgan fingerprint density at radius 3 is 2.68 bits per heavy atom. The predicted octanol–water partition coefficient (Wildman–Crippen LogP) is 2.49. The van der Waals surface area contributed by atoms with Gasteiger partial charge in [-0.15, -0.1) is 5.10 Å². The fourth-order valence-corrected chi connectivity index (χ4v) is 1.45. The molecule has 0 aliphatic carbocycles. The fraction of sp³-hybridized carbons (Fsp3) is 0.308. The van der Waals surface area contributed by atoms with Crippen LogP contribution in [0.5, 0.6) is 0 Å². The van der Waals surface area contributed by atoms with Crippen LogP contribution in [0.15, 0.2) is 24.3 Å². The topological polar surface area (TPSA) is 70.7 Å². The maximum absolute atomic E-state index is 13.0. The predicted molar refractivity (Wildman–Crippen MR) is 69.4 cm³/mol. The summed E-state index contributed by atoms with van der Waals surface area (Å²) in [7, 11) is 0. The Morgan fingerprint density at radius 1 is 1.37 bits per heavy atom. The van der Waals surface area contributed by atoms with Gasteiger partial charge in [-0.25, -0.2) is 9.37 Å². The van der Waals surface area contributed by atoms with E-state index in [9.17, 15) is 9.18 Å². The zero-order valence-corrected chi connectivity index (χ0v) is 11.0. The number of benzene rings is 1. The molecule has 0 radical (unpaired) electrons. The highest BCUT2D eigenvalue weighted by Gasteiger charge is 2.21. The van der Waals surface area contributed by atoms with Crippen molar-refractivity contribution in [1.82, 2.24) is 15.2 Å². The molecule has 2 N–H and O–H groups in total. The van der Waals surface area contributed by atoms with Crippen molar-refractivity contribution in [3.8, 4) is 0 Å². The molecule has 0 aliphatic rings. The van der Waals surface area contributed by atoms with Gasteiger partial charge in [0.05, 0.1) is 0 Å². The number of nitrogens with zero attached hydrogens (tertiary/aromatic N) is 2. The number of aromatic amines is 1. The van der Waals surface area contributed by atoms with Crippen LogP contribution >= 0.6 is 0 Å². The van der Waals surface area contributed by atoms with E-state index in [1.165, 1.54) is 18.2 Å². The number of nitrogens with one attached hydrogen (secondary N) is 2. The SMILES string of the molecule is CC(C)(C)c1nc(C(=O)Nc2cccc(F)c2)n[nH]1. The number of hydrogen-bond acceptors (Lipinski definition) is 3. The fourth-order valence-electron chi connectivity index (χ4n) is 1.45. The largest absolute Gasteiger partial charge is 0.319 e. The number of rotatable bonds is 2. The van der Waals surface area contributed by atoms with E-state index >= 15 is 0 Å². The second-order valence-electron chi connectivity index (χ2n) is 5.22. The van der Waals surface area contributed by atoms with Gasteiger partial charge < -0.3 is 5.32 Å². The first-order valence-corrected chi connectivity index (χ1v) is 5.86. The minimum absolute atomic E-state index is 0.0363. The first-order valence-electron chi connectivity index (χ1n) is 5.86. The van der Waals surface area contributed by atoms with Crippen LogP contribution in [0.1, 0.15) is 37.2 Å². The van der Waals surface area contributed by atoms with Gasteiger partial charge in [0.1, 0.15) is 11.6 Å². The van der Waals surface area contributed by atoms with Gasteiger partial charge in [-0.3, -0.25) is 9.89 Å². The average molecular weight is 262 g/mol. The summed E-state index contributed by atoms with van der Waals surface area (Å²) in [5.74, 6) is -0.230. The number of H-pyrrole nitrogens is 1. The molecule has 1 aromatic heterocycles. The Balaban J connectivity index is 2.14. The van der Waals surface area contributed by atoms with Gasteiger partial charge >= 0.3 is 0 Å². The Hall–Kier alpha value is -2.24. The number of amides is 1. The highest BCUT2D eigenvalue weighted by Crippen LogP contribution is 2.17. The Kier molecular flexibility index (Phi) is 3.33. The molecule has 0 spiro atoms. The van der Waals surface area contributed by atoms with E-state index in [0.29, 0.717) is 11.5 Å². The van der Waals surface area contributed by atoms with Crippen molar-refractivity contribution in [2.75, 3.05) is 5.32 Å². The van der Waals surface area contributed by atoms with Crippen LogP contribution in [0.25, 0.3) is 0 Å². The lowest BCUT2D eigenvalue weighted by atomic mass is 9.96. The molecular formula is C13H15FN4O. The zero-order chi connectivity index (χ0) is 14.0. The molecule has 0 bridgehead atoms. The minimum Gasteiger partial charge on any atom is -0.319 e. The molecule has 1 aromatic carbocycles. The first-order chi connectivity index (χ1) is 8.86. The minimum atomic E-state index is -0.475. The summed E-state index contributed by atoms with van der Waals surface area (Å²) in [5.41, 5.74) is 0.150. The van der Waals surface area contributed by atoms with E-state index in [0.717, 1.165) is 0 Å². The summed E-state index contributed by atoms with van der Waals surface area (Å²) >= 11 is 0. The molecule has 0 saturated heterocycles. The van der Waals surface area contributed by atoms with Crippen molar-refractivity contribution < 1.29 is 9.18 Å².